The predicted molar refractivity (Wildman–Crippen MR) is 60.0 cm³/mol. The Bertz CT molecular complexity index is 525. The number of nitro groups is 1. The molecule has 0 aliphatic heterocycles. The lowest BCUT2D eigenvalue weighted by Crippen LogP contribution is -2.23. The van der Waals surface area contributed by atoms with E-state index < -0.39 is 27.2 Å². The number of H-pyrrole nitrogens is 1. The molecule has 8 nitrogen and oxygen atoms in total. The van der Waals surface area contributed by atoms with Gasteiger partial charge in [0.25, 0.3) is 0 Å². The molecule has 0 fully saturated rings. The Morgan fingerprint density at radius 1 is 1.59 bits per heavy atom. The average Bonchev–Trinajstić information content (AvgIpc) is 2.15. The quantitative estimate of drug-likeness (QED) is 0.476. The molecule has 9 heteroatoms. The summed E-state index contributed by atoms with van der Waals surface area (Å²) in [5.74, 6) is -0.934. The first kappa shape index (κ1) is 13.1. The summed E-state index contributed by atoms with van der Waals surface area (Å²) < 4.78 is 0. The van der Waals surface area contributed by atoms with Gasteiger partial charge in [0.15, 0.2) is 0 Å². The van der Waals surface area contributed by atoms with Crippen molar-refractivity contribution in [1.29, 1.82) is 0 Å². The van der Waals surface area contributed by atoms with Gasteiger partial charge in [-0.1, -0.05) is 25.4 Å². The smallest absolute Gasteiger partial charge is 0.296 e. The van der Waals surface area contributed by atoms with E-state index in [-0.39, 0.29) is 11.9 Å². The van der Waals surface area contributed by atoms with Crippen LogP contribution >= 0.6 is 11.6 Å². The van der Waals surface area contributed by atoms with Crippen LogP contribution < -0.4 is 10.9 Å². The van der Waals surface area contributed by atoms with E-state index in [0.29, 0.717) is 0 Å². The minimum atomic E-state index is -1.02. The van der Waals surface area contributed by atoms with Crippen LogP contribution in [0.4, 0.5) is 11.6 Å². The molecule has 0 aliphatic rings. The van der Waals surface area contributed by atoms with E-state index in [9.17, 15) is 19.7 Å². The molecule has 0 bridgehead atoms. The third kappa shape index (κ3) is 3.00. The van der Waals surface area contributed by atoms with Crippen LogP contribution in [0.2, 0.25) is 5.15 Å². The molecule has 0 saturated heterocycles. The lowest BCUT2D eigenvalue weighted by molar-refractivity contribution is -0.386. The van der Waals surface area contributed by atoms with E-state index >= 15 is 0 Å². The van der Waals surface area contributed by atoms with Gasteiger partial charge in [0.05, 0.1) is 4.92 Å². The van der Waals surface area contributed by atoms with Crippen LogP contribution in [0, 0.1) is 16.0 Å². The molecule has 2 N–H and O–H groups in total. The molecule has 0 saturated carbocycles. The van der Waals surface area contributed by atoms with E-state index in [4.69, 9.17) is 11.6 Å². The van der Waals surface area contributed by atoms with Gasteiger partial charge in [-0.15, -0.1) is 0 Å². The number of carbonyl (C=O) groups is 1. The Morgan fingerprint density at radius 3 is 2.59 bits per heavy atom. The van der Waals surface area contributed by atoms with Gasteiger partial charge in [0, 0.05) is 5.92 Å². The van der Waals surface area contributed by atoms with Crippen molar-refractivity contribution in [2.24, 2.45) is 5.92 Å². The standard InChI is InChI=1S/C8H9ClN4O4/c1-3(2)6(14)11-8-10-5(9)4(13(16)17)7(15)12-8/h3H,1-2H3,(H2,10,11,12,14,15). The van der Waals surface area contributed by atoms with Crippen LogP contribution in [-0.2, 0) is 4.79 Å². The first-order valence-corrected chi connectivity index (χ1v) is 4.95. The number of nitrogens with one attached hydrogen (secondary N) is 2. The Hall–Kier alpha value is -1.96. The maximum Gasteiger partial charge on any atom is 0.370 e. The number of amides is 1. The number of rotatable bonds is 3. The van der Waals surface area contributed by atoms with E-state index in [1.165, 1.54) is 0 Å². The predicted octanol–water partition coefficient (Wildman–Crippen LogP) is 0.926. The number of halogens is 1. The van der Waals surface area contributed by atoms with Crippen molar-refractivity contribution in [3.8, 4) is 0 Å². The summed E-state index contributed by atoms with van der Waals surface area (Å²) in [5, 5.41) is 12.2. The summed E-state index contributed by atoms with van der Waals surface area (Å²) in [6.07, 6.45) is 0. The molecule has 0 radical (unpaired) electrons. The van der Waals surface area contributed by atoms with Crippen LogP contribution in [0.25, 0.3) is 0 Å². The van der Waals surface area contributed by atoms with Gasteiger partial charge in [-0.2, -0.15) is 4.98 Å². The van der Waals surface area contributed by atoms with Gasteiger partial charge in [-0.25, -0.2) is 0 Å². The Kier molecular flexibility index (Phi) is 3.79. The molecule has 1 heterocycles. The SMILES string of the molecule is CC(C)C(=O)Nc1nc(Cl)c([N+](=O)[O-])c(=O)[nH]1. The summed E-state index contributed by atoms with van der Waals surface area (Å²) in [5.41, 5.74) is -1.87. The topological polar surface area (TPSA) is 118 Å². The minimum absolute atomic E-state index is 0.218. The number of anilines is 1. The minimum Gasteiger partial charge on any atom is -0.296 e. The van der Waals surface area contributed by atoms with Crippen molar-refractivity contribution >= 4 is 29.1 Å². The number of nitrogens with zero attached hydrogens (tertiary/aromatic N) is 2. The monoisotopic (exact) mass is 260 g/mol. The fourth-order valence-corrected chi connectivity index (χ4v) is 1.16. The molecule has 0 aliphatic carbocycles. The first-order valence-electron chi connectivity index (χ1n) is 4.58. The lowest BCUT2D eigenvalue weighted by Gasteiger charge is -2.06. The zero-order valence-electron chi connectivity index (χ0n) is 8.98. The van der Waals surface area contributed by atoms with Crippen LogP contribution in [0.3, 0.4) is 0 Å². The second-order valence-electron chi connectivity index (χ2n) is 3.46. The van der Waals surface area contributed by atoms with E-state index in [2.05, 4.69) is 15.3 Å². The average molecular weight is 261 g/mol. The largest absolute Gasteiger partial charge is 0.370 e. The van der Waals surface area contributed by atoms with Gasteiger partial charge in [-0.3, -0.25) is 30.0 Å². The van der Waals surface area contributed by atoms with E-state index in [1.54, 1.807) is 13.8 Å². The Balaban J connectivity index is 3.11. The molecule has 1 aromatic heterocycles. The van der Waals surface area contributed by atoms with Crippen LogP contribution in [-0.4, -0.2) is 20.8 Å². The zero-order valence-corrected chi connectivity index (χ0v) is 9.74. The molecule has 1 rings (SSSR count). The molecular weight excluding hydrogens is 252 g/mol. The molecule has 0 unspecified atom stereocenters. The molecule has 0 spiro atoms. The molecule has 1 aromatic rings. The van der Waals surface area contributed by atoms with Crippen molar-refractivity contribution < 1.29 is 9.72 Å². The number of hydrogen-bond donors (Lipinski definition) is 2. The lowest BCUT2D eigenvalue weighted by atomic mass is 10.2. The van der Waals surface area contributed by atoms with Crippen LogP contribution in [0.1, 0.15) is 13.8 Å². The highest BCUT2D eigenvalue weighted by Gasteiger charge is 2.21. The fraction of sp³-hybridized carbons (Fsp3) is 0.375. The van der Waals surface area contributed by atoms with Crippen molar-refractivity contribution in [2.75, 3.05) is 5.32 Å². The summed E-state index contributed by atoms with van der Waals surface area (Å²) in [7, 11) is 0. The van der Waals surface area contributed by atoms with Crippen molar-refractivity contribution in [3.05, 3.63) is 25.6 Å². The normalized spacial score (nSPS) is 10.4. The number of aromatic amines is 1. The zero-order chi connectivity index (χ0) is 13.2. The van der Waals surface area contributed by atoms with Gasteiger partial charge < -0.3 is 0 Å². The molecule has 0 aromatic carbocycles. The van der Waals surface area contributed by atoms with Gasteiger partial charge in [0.2, 0.25) is 17.0 Å². The molecule has 17 heavy (non-hydrogen) atoms. The molecule has 92 valence electrons. The molecule has 1 amide bonds. The van der Waals surface area contributed by atoms with Gasteiger partial charge >= 0.3 is 11.2 Å². The van der Waals surface area contributed by atoms with E-state index in [1.807, 2.05) is 0 Å². The highest BCUT2D eigenvalue weighted by molar-refractivity contribution is 6.31. The van der Waals surface area contributed by atoms with Gasteiger partial charge in [0.1, 0.15) is 0 Å². The highest BCUT2D eigenvalue weighted by Crippen LogP contribution is 2.17. The summed E-state index contributed by atoms with van der Waals surface area (Å²) in [6, 6.07) is 0. The van der Waals surface area contributed by atoms with E-state index in [0.717, 1.165) is 0 Å². The Labute approximate surface area is 100 Å². The van der Waals surface area contributed by atoms with Crippen LogP contribution in [0.5, 0.6) is 0 Å². The summed E-state index contributed by atoms with van der Waals surface area (Å²) in [6.45, 7) is 3.28. The van der Waals surface area contributed by atoms with Crippen molar-refractivity contribution in [2.45, 2.75) is 13.8 Å². The second kappa shape index (κ2) is 4.91. The molecular formula is C8H9ClN4O4. The fourth-order valence-electron chi connectivity index (χ4n) is 0.918. The Morgan fingerprint density at radius 2 is 2.18 bits per heavy atom. The summed E-state index contributed by atoms with van der Waals surface area (Å²) in [4.78, 5) is 37.7. The number of carbonyl (C=O) groups excluding carboxylic acids is 1. The van der Waals surface area contributed by atoms with Crippen molar-refractivity contribution in [1.82, 2.24) is 9.97 Å². The maximum absolute atomic E-state index is 11.3. The number of hydrogen-bond acceptors (Lipinski definition) is 5. The number of aromatic nitrogens is 2. The second-order valence-corrected chi connectivity index (χ2v) is 3.81. The van der Waals surface area contributed by atoms with Crippen molar-refractivity contribution in [3.63, 3.8) is 0 Å². The van der Waals surface area contributed by atoms with Crippen LogP contribution in [0.15, 0.2) is 4.79 Å². The summed E-state index contributed by atoms with van der Waals surface area (Å²) >= 11 is 5.47. The first-order chi connectivity index (χ1) is 7.82. The maximum atomic E-state index is 11.3. The third-order valence-corrected chi connectivity index (χ3v) is 2.06. The van der Waals surface area contributed by atoms with Gasteiger partial charge in [-0.05, 0) is 0 Å². The third-order valence-electron chi connectivity index (χ3n) is 1.80. The highest BCUT2D eigenvalue weighted by atomic mass is 35.5. The molecule has 0 atom stereocenters.